The molecule has 2 nitrogen and oxygen atoms in total. The second-order valence-corrected chi connectivity index (χ2v) is 4.43. The SMILES string of the molecule is Clc1cc2nc(-c3ccccc3)oc2cc1Cl. The van der Waals surface area contributed by atoms with Gasteiger partial charge in [0.15, 0.2) is 5.58 Å². The summed E-state index contributed by atoms with van der Waals surface area (Å²) in [7, 11) is 0. The van der Waals surface area contributed by atoms with Gasteiger partial charge in [-0.15, -0.1) is 0 Å². The first-order valence-electron chi connectivity index (χ1n) is 5.05. The molecule has 84 valence electrons. The Balaban J connectivity index is 2.21. The lowest BCUT2D eigenvalue weighted by atomic mass is 10.2. The predicted octanol–water partition coefficient (Wildman–Crippen LogP) is 4.80. The minimum atomic E-state index is 0.468. The molecule has 0 amide bonds. The zero-order chi connectivity index (χ0) is 11.8. The van der Waals surface area contributed by atoms with Gasteiger partial charge in [-0.3, -0.25) is 0 Å². The molecule has 3 aromatic rings. The van der Waals surface area contributed by atoms with Gasteiger partial charge in [0, 0.05) is 11.6 Å². The molecule has 0 bridgehead atoms. The Kier molecular flexibility index (Phi) is 2.54. The number of fused-ring (bicyclic) bond motifs is 1. The lowest BCUT2D eigenvalue weighted by molar-refractivity contribution is 0.620. The molecule has 3 rings (SSSR count). The zero-order valence-electron chi connectivity index (χ0n) is 8.65. The minimum absolute atomic E-state index is 0.468. The number of benzene rings is 2. The van der Waals surface area contributed by atoms with E-state index in [0.717, 1.165) is 5.56 Å². The van der Waals surface area contributed by atoms with Crippen molar-refractivity contribution in [2.75, 3.05) is 0 Å². The maximum absolute atomic E-state index is 5.93. The summed E-state index contributed by atoms with van der Waals surface area (Å²) in [4.78, 5) is 4.38. The summed E-state index contributed by atoms with van der Waals surface area (Å²) in [5.74, 6) is 0.568. The average molecular weight is 264 g/mol. The van der Waals surface area contributed by atoms with E-state index in [2.05, 4.69) is 4.98 Å². The maximum Gasteiger partial charge on any atom is 0.227 e. The molecule has 4 heteroatoms. The van der Waals surface area contributed by atoms with Gasteiger partial charge in [-0.1, -0.05) is 41.4 Å². The molecular weight excluding hydrogens is 257 g/mol. The van der Waals surface area contributed by atoms with Crippen LogP contribution in [-0.2, 0) is 0 Å². The number of oxazole rings is 1. The summed E-state index contributed by atoms with van der Waals surface area (Å²) in [6.45, 7) is 0. The summed E-state index contributed by atoms with van der Waals surface area (Å²) in [5, 5.41) is 0.946. The van der Waals surface area contributed by atoms with Gasteiger partial charge in [-0.25, -0.2) is 4.98 Å². The Morgan fingerprint density at radius 3 is 2.41 bits per heavy atom. The van der Waals surface area contributed by atoms with Gasteiger partial charge >= 0.3 is 0 Å². The smallest absolute Gasteiger partial charge is 0.227 e. The van der Waals surface area contributed by atoms with Gasteiger partial charge in [0.2, 0.25) is 5.89 Å². The Morgan fingerprint density at radius 2 is 1.65 bits per heavy atom. The monoisotopic (exact) mass is 263 g/mol. The van der Waals surface area contributed by atoms with Crippen LogP contribution < -0.4 is 0 Å². The molecule has 0 radical (unpaired) electrons. The molecule has 0 saturated heterocycles. The molecule has 0 N–H and O–H groups in total. The molecule has 0 unspecified atom stereocenters. The summed E-state index contributed by atoms with van der Waals surface area (Å²) >= 11 is 11.9. The highest BCUT2D eigenvalue weighted by Gasteiger charge is 2.10. The van der Waals surface area contributed by atoms with Crippen molar-refractivity contribution in [1.82, 2.24) is 4.98 Å². The molecule has 0 aliphatic heterocycles. The number of halogens is 2. The van der Waals surface area contributed by atoms with Gasteiger partial charge in [-0.05, 0) is 18.2 Å². The third kappa shape index (κ3) is 1.90. The molecule has 17 heavy (non-hydrogen) atoms. The minimum Gasteiger partial charge on any atom is -0.436 e. The van der Waals surface area contributed by atoms with Gasteiger partial charge in [0.1, 0.15) is 5.52 Å². The fourth-order valence-corrected chi connectivity index (χ4v) is 1.94. The van der Waals surface area contributed by atoms with Crippen LogP contribution in [-0.4, -0.2) is 4.98 Å². The predicted molar refractivity (Wildman–Crippen MR) is 69.5 cm³/mol. The summed E-state index contributed by atoms with van der Waals surface area (Å²) < 4.78 is 5.64. The van der Waals surface area contributed by atoms with Crippen LogP contribution in [0, 0.1) is 0 Å². The molecule has 1 heterocycles. The standard InChI is InChI=1S/C13H7Cl2NO/c14-9-6-11-12(7-10(9)15)17-13(16-11)8-4-2-1-3-5-8/h1-7H. The number of aromatic nitrogens is 1. The van der Waals surface area contributed by atoms with Crippen molar-refractivity contribution in [3.05, 3.63) is 52.5 Å². The van der Waals surface area contributed by atoms with Crippen LogP contribution in [0.2, 0.25) is 10.0 Å². The Labute approximate surface area is 108 Å². The molecule has 2 aromatic carbocycles. The molecule has 0 saturated carbocycles. The van der Waals surface area contributed by atoms with Crippen LogP contribution in [0.4, 0.5) is 0 Å². The number of hydrogen-bond donors (Lipinski definition) is 0. The van der Waals surface area contributed by atoms with E-state index in [1.165, 1.54) is 0 Å². The van der Waals surface area contributed by atoms with Gasteiger partial charge in [0.25, 0.3) is 0 Å². The van der Waals surface area contributed by atoms with E-state index in [9.17, 15) is 0 Å². The van der Waals surface area contributed by atoms with Gasteiger partial charge in [-0.2, -0.15) is 0 Å². The molecule has 0 aliphatic rings. The number of nitrogens with zero attached hydrogens (tertiary/aromatic N) is 1. The average Bonchev–Trinajstić information content (AvgIpc) is 2.74. The van der Waals surface area contributed by atoms with E-state index >= 15 is 0 Å². The van der Waals surface area contributed by atoms with Crippen molar-refractivity contribution in [2.45, 2.75) is 0 Å². The van der Waals surface area contributed by atoms with Crippen molar-refractivity contribution >= 4 is 34.3 Å². The first kappa shape index (κ1) is 10.6. The molecular formula is C13H7Cl2NO. The van der Waals surface area contributed by atoms with Crippen molar-refractivity contribution in [3.63, 3.8) is 0 Å². The van der Waals surface area contributed by atoms with Crippen molar-refractivity contribution in [2.24, 2.45) is 0 Å². The largest absolute Gasteiger partial charge is 0.436 e. The maximum atomic E-state index is 5.93. The van der Waals surface area contributed by atoms with E-state index in [0.29, 0.717) is 27.0 Å². The fraction of sp³-hybridized carbons (Fsp3) is 0. The van der Waals surface area contributed by atoms with Gasteiger partial charge in [0.05, 0.1) is 10.0 Å². The van der Waals surface area contributed by atoms with E-state index < -0.39 is 0 Å². The van der Waals surface area contributed by atoms with Crippen LogP contribution in [0.3, 0.4) is 0 Å². The second kappa shape index (κ2) is 4.06. The highest BCUT2D eigenvalue weighted by atomic mass is 35.5. The lowest BCUT2D eigenvalue weighted by Crippen LogP contribution is -1.74. The third-order valence-electron chi connectivity index (χ3n) is 2.45. The highest BCUT2D eigenvalue weighted by Crippen LogP contribution is 2.30. The topological polar surface area (TPSA) is 26.0 Å². The van der Waals surface area contributed by atoms with Crippen LogP contribution >= 0.6 is 23.2 Å². The molecule has 0 aliphatic carbocycles. The molecule has 0 spiro atoms. The van der Waals surface area contributed by atoms with Crippen molar-refractivity contribution in [3.8, 4) is 11.5 Å². The number of rotatable bonds is 1. The molecule has 1 aromatic heterocycles. The summed E-state index contributed by atoms with van der Waals surface area (Å²) in [6, 6.07) is 13.1. The Bertz CT molecular complexity index is 637. The first-order chi connectivity index (χ1) is 8.24. The van der Waals surface area contributed by atoms with Crippen molar-refractivity contribution < 1.29 is 4.42 Å². The van der Waals surface area contributed by atoms with Crippen LogP contribution in [0.1, 0.15) is 0 Å². The number of hydrogen-bond acceptors (Lipinski definition) is 2. The van der Waals surface area contributed by atoms with E-state index in [1.54, 1.807) is 12.1 Å². The van der Waals surface area contributed by atoms with Crippen LogP contribution in [0.25, 0.3) is 22.6 Å². The quantitative estimate of drug-likeness (QED) is 0.630. The van der Waals surface area contributed by atoms with Crippen LogP contribution in [0.5, 0.6) is 0 Å². The highest BCUT2D eigenvalue weighted by molar-refractivity contribution is 6.42. The Morgan fingerprint density at radius 1 is 0.941 bits per heavy atom. The fourth-order valence-electron chi connectivity index (χ4n) is 1.63. The second-order valence-electron chi connectivity index (χ2n) is 3.62. The Hall–Kier alpha value is -1.51. The lowest BCUT2D eigenvalue weighted by Gasteiger charge is -1.92. The molecule has 0 fully saturated rings. The van der Waals surface area contributed by atoms with Crippen molar-refractivity contribution in [1.29, 1.82) is 0 Å². The van der Waals surface area contributed by atoms with E-state index in [4.69, 9.17) is 27.6 Å². The third-order valence-corrected chi connectivity index (χ3v) is 3.17. The van der Waals surface area contributed by atoms with E-state index in [1.807, 2.05) is 30.3 Å². The van der Waals surface area contributed by atoms with Gasteiger partial charge < -0.3 is 4.42 Å². The van der Waals surface area contributed by atoms with E-state index in [-0.39, 0.29) is 0 Å². The normalized spacial score (nSPS) is 10.9. The zero-order valence-corrected chi connectivity index (χ0v) is 10.2. The summed E-state index contributed by atoms with van der Waals surface area (Å²) in [6.07, 6.45) is 0. The molecule has 0 atom stereocenters. The van der Waals surface area contributed by atoms with Crippen LogP contribution in [0.15, 0.2) is 46.9 Å². The summed E-state index contributed by atoms with van der Waals surface area (Å²) in [5.41, 5.74) is 2.27. The first-order valence-corrected chi connectivity index (χ1v) is 5.80.